The number of carbonyl (C=O) groups is 2. The van der Waals surface area contributed by atoms with Gasteiger partial charge in [0.15, 0.2) is 0 Å². The number of hydrogen-bond acceptors (Lipinski definition) is 7. The summed E-state index contributed by atoms with van der Waals surface area (Å²) in [6, 6.07) is 9.08. The van der Waals surface area contributed by atoms with Gasteiger partial charge in [0, 0.05) is 74.4 Å². The van der Waals surface area contributed by atoms with Gasteiger partial charge in [0.2, 0.25) is 17.8 Å². The SMILES string of the molecule is CC.CC(C)N1CCN(c2ccc(Nc3ncc4c(n3)N(C3CCCC3)C(=O)C3(CCNC3=O)C4)cc2)CC1.CCCC. The van der Waals surface area contributed by atoms with E-state index in [1.165, 1.54) is 18.5 Å². The Hall–Kier alpha value is -3.20. The van der Waals surface area contributed by atoms with Crippen LogP contribution in [0.25, 0.3) is 0 Å². The van der Waals surface area contributed by atoms with Gasteiger partial charge in [-0.2, -0.15) is 4.98 Å². The lowest BCUT2D eigenvalue weighted by molar-refractivity contribution is -0.140. The van der Waals surface area contributed by atoms with Crippen LogP contribution in [-0.2, 0) is 16.0 Å². The zero-order valence-corrected chi connectivity index (χ0v) is 27.3. The van der Waals surface area contributed by atoms with Crippen molar-refractivity contribution in [1.29, 1.82) is 0 Å². The Kier molecular flexibility index (Phi) is 11.4. The quantitative estimate of drug-likeness (QED) is 0.403. The Labute approximate surface area is 258 Å². The molecule has 2 amide bonds. The molecule has 1 unspecified atom stereocenters. The summed E-state index contributed by atoms with van der Waals surface area (Å²) in [5, 5.41) is 6.22. The number of aromatic nitrogens is 2. The van der Waals surface area contributed by atoms with E-state index in [-0.39, 0.29) is 17.9 Å². The summed E-state index contributed by atoms with van der Waals surface area (Å²) in [5.41, 5.74) is 2.00. The average molecular weight is 592 g/mol. The summed E-state index contributed by atoms with van der Waals surface area (Å²) >= 11 is 0. The smallest absolute Gasteiger partial charge is 0.244 e. The van der Waals surface area contributed by atoms with Crippen molar-refractivity contribution >= 4 is 35.0 Å². The molecule has 1 aromatic carbocycles. The fourth-order valence-electron chi connectivity index (χ4n) is 6.45. The minimum Gasteiger partial charge on any atom is -0.369 e. The maximum atomic E-state index is 13.8. The summed E-state index contributed by atoms with van der Waals surface area (Å²) < 4.78 is 0. The van der Waals surface area contributed by atoms with Crippen molar-refractivity contribution < 1.29 is 9.59 Å². The number of fused-ring (bicyclic) bond motifs is 1. The first-order chi connectivity index (χ1) is 20.9. The van der Waals surface area contributed by atoms with Crippen LogP contribution < -0.4 is 20.4 Å². The number of carbonyl (C=O) groups excluding carboxylic acids is 2. The number of benzene rings is 1. The largest absolute Gasteiger partial charge is 0.369 e. The molecule has 3 aliphatic heterocycles. The van der Waals surface area contributed by atoms with E-state index in [1.54, 1.807) is 6.20 Å². The number of nitrogens with zero attached hydrogens (tertiary/aromatic N) is 5. The molecule has 1 spiro atoms. The molecule has 6 rings (SSSR count). The van der Waals surface area contributed by atoms with Crippen LogP contribution in [0.1, 0.15) is 92.1 Å². The molecule has 9 nitrogen and oxygen atoms in total. The molecule has 3 fully saturated rings. The second-order valence-electron chi connectivity index (χ2n) is 12.2. The van der Waals surface area contributed by atoms with E-state index >= 15 is 0 Å². The average Bonchev–Trinajstić information content (AvgIpc) is 3.70. The van der Waals surface area contributed by atoms with Gasteiger partial charge in [-0.25, -0.2) is 4.98 Å². The molecule has 9 heteroatoms. The van der Waals surface area contributed by atoms with Gasteiger partial charge in [-0.3, -0.25) is 19.4 Å². The van der Waals surface area contributed by atoms with Crippen LogP contribution in [0.3, 0.4) is 0 Å². The zero-order valence-electron chi connectivity index (χ0n) is 27.3. The van der Waals surface area contributed by atoms with E-state index in [9.17, 15) is 9.59 Å². The lowest BCUT2D eigenvalue weighted by Crippen LogP contribution is -2.56. The maximum Gasteiger partial charge on any atom is 0.244 e. The number of unbranched alkanes of at least 4 members (excludes halogenated alkanes) is 1. The first-order valence-corrected chi connectivity index (χ1v) is 16.7. The molecule has 1 aromatic heterocycles. The Balaban J connectivity index is 0.000000653. The second-order valence-corrected chi connectivity index (χ2v) is 12.2. The highest BCUT2D eigenvalue weighted by Crippen LogP contribution is 2.44. The molecule has 4 heterocycles. The van der Waals surface area contributed by atoms with E-state index < -0.39 is 5.41 Å². The van der Waals surface area contributed by atoms with Gasteiger partial charge in [0.1, 0.15) is 11.2 Å². The van der Waals surface area contributed by atoms with Crippen LogP contribution in [0.15, 0.2) is 30.5 Å². The second kappa shape index (κ2) is 15.0. The van der Waals surface area contributed by atoms with E-state index in [4.69, 9.17) is 4.98 Å². The standard InChI is InChI=1S/C28H37N7O2.C4H10.C2H6/c1-19(2)33-13-15-34(16-14-33)22-9-7-21(8-10-22)31-27-30-18-20-17-28(11-12-29-25(28)36)26(37)35(24(20)32-27)23-5-3-4-6-23;1-3-4-2;1-2/h7-10,18-19,23H,3-6,11-17H2,1-2H3,(H,29,36)(H,30,31,32);3-4H2,1-2H3;1-2H3. The van der Waals surface area contributed by atoms with Crippen LogP contribution in [0.4, 0.5) is 23.1 Å². The van der Waals surface area contributed by atoms with Crippen LogP contribution in [-0.4, -0.2) is 71.5 Å². The lowest BCUT2D eigenvalue weighted by Gasteiger charge is -2.40. The molecule has 43 heavy (non-hydrogen) atoms. The Bertz CT molecular complexity index is 1200. The summed E-state index contributed by atoms with van der Waals surface area (Å²) in [6.07, 6.45) is 9.43. The lowest BCUT2D eigenvalue weighted by atomic mass is 9.76. The van der Waals surface area contributed by atoms with Crippen molar-refractivity contribution in [3.05, 3.63) is 36.0 Å². The minimum absolute atomic E-state index is 0.0894. The topological polar surface area (TPSA) is 93.7 Å². The van der Waals surface area contributed by atoms with Crippen molar-refractivity contribution in [2.75, 3.05) is 47.8 Å². The Morgan fingerprint density at radius 1 is 1.00 bits per heavy atom. The molecule has 2 aromatic rings. The highest BCUT2D eigenvalue weighted by Gasteiger charge is 2.56. The Morgan fingerprint density at radius 2 is 1.65 bits per heavy atom. The van der Waals surface area contributed by atoms with E-state index in [0.717, 1.165) is 63.1 Å². The first kappa shape index (κ1) is 32.7. The van der Waals surface area contributed by atoms with Crippen LogP contribution in [0.5, 0.6) is 0 Å². The fraction of sp³-hybridized carbons (Fsp3) is 0.647. The summed E-state index contributed by atoms with van der Waals surface area (Å²) in [5.74, 6) is 0.895. The molecular weight excluding hydrogens is 538 g/mol. The van der Waals surface area contributed by atoms with Gasteiger partial charge < -0.3 is 15.5 Å². The molecule has 236 valence electrons. The van der Waals surface area contributed by atoms with Gasteiger partial charge in [0.05, 0.1) is 0 Å². The molecule has 0 bridgehead atoms. The predicted octanol–water partition coefficient (Wildman–Crippen LogP) is 5.92. The fourth-order valence-corrected chi connectivity index (χ4v) is 6.45. The van der Waals surface area contributed by atoms with Gasteiger partial charge >= 0.3 is 0 Å². The highest BCUT2D eigenvalue weighted by molar-refractivity contribution is 6.14. The van der Waals surface area contributed by atoms with Crippen molar-refractivity contribution in [3.8, 4) is 0 Å². The summed E-state index contributed by atoms with van der Waals surface area (Å²) in [7, 11) is 0. The number of hydrogen-bond donors (Lipinski definition) is 2. The van der Waals surface area contributed by atoms with Gasteiger partial charge in [-0.15, -0.1) is 0 Å². The number of amides is 2. The van der Waals surface area contributed by atoms with Gasteiger partial charge in [-0.1, -0.05) is 53.4 Å². The van der Waals surface area contributed by atoms with Crippen molar-refractivity contribution in [1.82, 2.24) is 20.2 Å². The van der Waals surface area contributed by atoms with E-state index in [2.05, 4.69) is 77.4 Å². The molecule has 1 aliphatic carbocycles. The van der Waals surface area contributed by atoms with Crippen molar-refractivity contribution in [2.45, 2.75) is 105 Å². The van der Waals surface area contributed by atoms with Gasteiger partial charge in [-0.05, 0) is 57.4 Å². The van der Waals surface area contributed by atoms with Gasteiger partial charge in [0.25, 0.3) is 0 Å². The van der Waals surface area contributed by atoms with E-state index in [0.29, 0.717) is 37.2 Å². The first-order valence-electron chi connectivity index (χ1n) is 16.7. The number of rotatable bonds is 6. The van der Waals surface area contributed by atoms with Crippen molar-refractivity contribution in [3.63, 3.8) is 0 Å². The third kappa shape index (κ3) is 7.14. The summed E-state index contributed by atoms with van der Waals surface area (Å²) in [6.45, 7) is 17.6. The monoisotopic (exact) mass is 591 g/mol. The summed E-state index contributed by atoms with van der Waals surface area (Å²) in [4.78, 5) is 42.8. The van der Waals surface area contributed by atoms with Crippen LogP contribution in [0.2, 0.25) is 0 Å². The number of piperazine rings is 1. The molecule has 0 radical (unpaired) electrons. The highest BCUT2D eigenvalue weighted by atomic mass is 16.2. The molecular formula is C34H53N7O2. The third-order valence-corrected chi connectivity index (χ3v) is 9.19. The molecule has 2 saturated heterocycles. The third-order valence-electron chi connectivity index (χ3n) is 9.19. The molecule has 4 aliphatic rings. The maximum absolute atomic E-state index is 13.8. The molecule has 1 atom stereocenters. The Morgan fingerprint density at radius 3 is 2.21 bits per heavy atom. The van der Waals surface area contributed by atoms with Crippen LogP contribution >= 0.6 is 0 Å². The normalized spacial score (nSPS) is 22.1. The predicted molar refractivity (Wildman–Crippen MR) is 176 cm³/mol. The van der Waals surface area contributed by atoms with Crippen LogP contribution in [0, 0.1) is 5.41 Å². The van der Waals surface area contributed by atoms with E-state index in [1.807, 2.05) is 18.7 Å². The van der Waals surface area contributed by atoms with Crippen molar-refractivity contribution in [2.24, 2.45) is 5.41 Å². The minimum atomic E-state index is -1.01. The molecule has 1 saturated carbocycles. The number of anilines is 4. The zero-order chi connectivity index (χ0) is 31.0. The number of nitrogens with one attached hydrogen (secondary N) is 2. The molecule has 2 N–H and O–H groups in total.